The van der Waals surface area contributed by atoms with Gasteiger partial charge in [-0.3, -0.25) is 28.8 Å². The summed E-state index contributed by atoms with van der Waals surface area (Å²) in [6, 6.07) is 0. The first-order chi connectivity index (χ1) is 31.0. The summed E-state index contributed by atoms with van der Waals surface area (Å²) < 4.78 is 34.5. The van der Waals surface area contributed by atoms with Crippen LogP contribution < -0.4 is 31.9 Å². The molecule has 0 saturated heterocycles. The van der Waals surface area contributed by atoms with Gasteiger partial charge in [0, 0.05) is 79.0 Å². The molecule has 18 heteroatoms. The number of aldehydes is 1. The Bertz CT molecular complexity index is 1220. The lowest BCUT2D eigenvalue weighted by molar-refractivity contribution is -0.117. The van der Waals surface area contributed by atoms with E-state index in [0.717, 1.165) is 19.4 Å². The summed E-state index contributed by atoms with van der Waals surface area (Å²) in [6.07, 6.45) is 13.9. The van der Waals surface area contributed by atoms with E-state index in [4.69, 9.17) is 33.2 Å². The van der Waals surface area contributed by atoms with E-state index in [9.17, 15) is 24.0 Å². The number of hydrogen-bond donors (Lipinski definition) is 6. The first kappa shape index (κ1) is 65.8. The van der Waals surface area contributed by atoms with Crippen LogP contribution in [0.2, 0.25) is 0 Å². The van der Waals surface area contributed by atoms with Crippen molar-refractivity contribution in [1.29, 1.82) is 0 Å². The minimum atomic E-state index is -0.202. The molecule has 6 N–H and O–H groups in total. The second kappa shape index (κ2) is 56.2. The summed E-state index contributed by atoms with van der Waals surface area (Å²) in [5.74, 6) is -0.771. The van der Waals surface area contributed by atoms with Gasteiger partial charge in [0.05, 0.1) is 25.4 Å². The maximum absolute atomic E-state index is 11.1. The molecule has 0 saturated carbocycles. The van der Waals surface area contributed by atoms with Crippen molar-refractivity contribution in [3.63, 3.8) is 0 Å². The van der Waals surface area contributed by atoms with Crippen LogP contribution in [0.3, 0.4) is 0 Å². The molecule has 0 aliphatic rings. The molecule has 3 unspecified atom stereocenters. The summed E-state index contributed by atoms with van der Waals surface area (Å²) >= 11 is 0. The van der Waals surface area contributed by atoms with Crippen molar-refractivity contribution in [2.24, 2.45) is 0 Å². The highest BCUT2D eigenvalue weighted by Crippen LogP contribution is 2.07. The first-order valence-corrected chi connectivity index (χ1v) is 21.7. The predicted molar refractivity (Wildman–Crippen MR) is 253 cm³/mol. The molecule has 3 atom stereocenters. The van der Waals surface area contributed by atoms with E-state index in [-0.39, 0.29) is 41.9 Å². The van der Waals surface area contributed by atoms with Gasteiger partial charge in [-0.05, 0) is 103 Å². The monoisotopic (exact) mass is 911 g/mol. The molecule has 0 radical (unpaired) electrons. The highest BCUT2D eigenvalue weighted by molar-refractivity contribution is 5.87. The lowest BCUT2D eigenvalue weighted by Gasteiger charge is -2.25. The molecule has 0 aliphatic heterocycles. The number of carbonyl (C=O) groups excluding carboxylic acids is 6. The fourth-order valence-electron chi connectivity index (χ4n) is 4.34. The van der Waals surface area contributed by atoms with Gasteiger partial charge in [-0.2, -0.15) is 0 Å². The van der Waals surface area contributed by atoms with Crippen molar-refractivity contribution in [1.82, 2.24) is 31.9 Å². The van der Waals surface area contributed by atoms with Crippen LogP contribution in [-0.2, 0) is 57.2 Å². The molecule has 18 nitrogen and oxygen atoms in total. The minimum Gasteiger partial charge on any atom is -0.381 e. The maximum Gasteiger partial charge on any atom is 0.243 e. The molecule has 0 fully saturated rings. The zero-order valence-corrected chi connectivity index (χ0v) is 39.0. The third-order valence-corrected chi connectivity index (χ3v) is 7.63. The Kier molecular flexibility index (Phi) is 57.8. The van der Waals surface area contributed by atoms with Crippen LogP contribution in [0.25, 0.3) is 0 Å². The summed E-state index contributed by atoms with van der Waals surface area (Å²) in [7, 11) is 1.91. The second-order valence-corrected chi connectivity index (χ2v) is 13.1. The van der Waals surface area contributed by atoms with Crippen molar-refractivity contribution in [3.05, 3.63) is 75.9 Å². The van der Waals surface area contributed by atoms with Crippen LogP contribution in [0.1, 0.15) is 58.8 Å². The number of hydrogen-bond acceptors (Lipinski definition) is 13. The molecule has 64 heavy (non-hydrogen) atoms. The molecule has 0 bridgehead atoms. The normalized spacial score (nSPS) is 11.2. The Hall–Kier alpha value is -4.82. The Morgan fingerprint density at radius 2 is 0.922 bits per heavy atom. The molecule has 0 aromatic rings. The van der Waals surface area contributed by atoms with E-state index in [1.54, 1.807) is 6.08 Å². The average molecular weight is 911 g/mol. The van der Waals surface area contributed by atoms with E-state index in [2.05, 4.69) is 71.4 Å². The van der Waals surface area contributed by atoms with Crippen LogP contribution in [-0.4, -0.2) is 160 Å². The number of amides is 5. The van der Waals surface area contributed by atoms with Crippen molar-refractivity contribution >= 4 is 36.3 Å². The van der Waals surface area contributed by atoms with Crippen molar-refractivity contribution in [2.45, 2.75) is 77.1 Å². The van der Waals surface area contributed by atoms with Crippen LogP contribution in [0.4, 0.5) is 0 Å². The van der Waals surface area contributed by atoms with Crippen LogP contribution in [0.5, 0.6) is 0 Å². The van der Waals surface area contributed by atoms with Gasteiger partial charge in [-0.25, -0.2) is 0 Å². The average Bonchev–Trinajstić information content (AvgIpc) is 3.30. The van der Waals surface area contributed by atoms with Crippen LogP contribution >= 0.6 is 0 Å². The summed E-state index contributed by atoms with van der Waals surface area (Å²) in [6.45, 7) is 32.1. The van der Waals surface area contributed by atoms with E-state index in [0.29, 0.717) is 137 Å². The summed E-state index contributed by atoms with van der Waals surface area (Å²) in [5, 5.41) is 16.5. The number of ether oxygens (including phenoxy) is 6. The zero-order chi connectivity index (χ0) is 48.7. The Labute approximate surface area is 383 Å². The van der Waals surface area contributed by atoms with Gasteiger partial charge in [0.2, 0.25) is 30.0 Å². The molecular formula is C46H82N6O12. The molecule has 5 amide bonds. The van der Waals surface area contributed by atoms with E-state index >= 15 is 0 Å². The molecule has 0 spiro atoms. The van der Waals surface area contributed by atoms with Crippen molar-refractivity contribution < 1.29 is 57.2 Å². The number of nitrogens with one attached hydrogen (secondary N) is 6. The van der Waals surface area contributed by atoms with Gasteiger partial charge >= 0.3 is 0 Å². The standard InChI is InChI=1S/C20H35N3O6.C20H37N3O5.C3H4O.C3H6/c1-3-19(25)22-10-6-12-27-15-8-18(16-28-13-5-9-21-17-24)29-14-7-11-23-20(26)4-2;1-5-19(24)22-11-8-14-27-17(3)18(16-26-13-7-10-21-4)28-15-9-12-23-20(25)6-2;1-2-3-4;1-3-2/h3-4,17-18H,1-2,5-16H2,(H,21,24)(H,22,25)(H,23,26);5-6,17-18,21H,1-2,7-16H2,3-4H3,(H,22,24)(H,23,25);2-3H,1H2;3H,1H2,2H3. The SMILES string of the molecule is C=CC.C=CC(=O)NCCCOC(C)C(COCCCNC)OCCCNC(=O)C=C.C=CC(=O)NCCCOCCC(COCCCNC=O)OCCCNC(=O)C=C.C=CC=O. The molecule has 0 heterocycles. The Morgan fingerprint density at radius 1 is 0.531 bits per heavy atom. The molecular weight excluding hydrogens is 829 g/mol. The minimum absolute atomic E-state index is 0.121. The van der Waals surface area contributed by atoms with Gasteiger partial charge < -0.3 is 60.3 Å². The Balaban J connectivity index is -0.000000490. The fraction of sp³-hybridized carbons (Fsp3) is 0.609. The molecule has 0 rings (SSSR count). The van der Waals surface area contributed by atoms with Gasteiger partial charge in [-0.1, -0.05) is 39.0 Å². The number of rotatable bonds is 41. The van der Waals surface area contributed by atoms with Crippen molar-refractivity contribution in [2.75, 3.05) is 106 Å². The highest BCUT2D eigenvalue weighted by atomic mass is 16.6. The maximum atomic E-state index is 11.1. The smallest absolute Gasteiger partial charge is 0.243 e. The molecule has 0 aromatic heterocycles. The van der Waals surface area contributed by atoms with Crippen molar-refractivity contribution in [3.8, 4) is 0 Å². The Morgan fingerprint density at radius 3 is 1.36 bits per heavy atom. The third-order valence-electron chi connectivity index (χ3n) is 7.63. The highest BCUT2D eigenvalue weighted by Gasteiger charge is 2.19. The zero-order valence-electron chi connectivity index (χ0n) is 39.0. The van der Waals surface area contributed by atoms with Crippen LogP contribution in [0.15, 0.2) is 75.9 Å². The molecule has 368 valence electrons. The molecule has 0 aliphatic carbocycles. The van der Waals surface area contributed by atoms with Gasteiger partial charge in [0.25, 0.3) is 0 Å². The fourth-order valence-corrected chi connectivity index (χ4v) is 4.34. The number of carbonyl (C=O) groups is 6. The van der Waals surface area contributed by atoms with Crippen LogP contribution in [0, 0.1) is 0 Å². The second-order valence-electron chi connectivity index (χ2n) is 13.1. The first-order valence-electron chi connectivity index (χ1n) is 21.7. The van der Waals surface area contributed by atoms with Gasteiger partial charge in [-0.15, -0.1) is 6.58 Å². The number of allylic oxidation sites excluding steroid dienone is 2. The quantitative estimate of drug-likeness (QED) is 0.0225. The predicted octanol–water partition coefficient (Wildman–Crippen LogP) is 2.67. The van der Waals surface area contributed by atoms with E-state index < -0.39 is 0 Å². The van der Waals surface area contributed by atoms with E-state index in [1.807, 2.05) is 20.9 Å². The molecule has 0 aromatic carbocycles. The summed E-state index contributed by atoms with van der Waals surface area (Å²) in [4.78, 5) is 63.6. The van der Waals surface area contributed by atoms with Gasteiger partial charge in [0.15, 0.2) is 0 Å². The lowest BCUT2D eigenvalue weighted by Crippen LogP contribution is -2.35. The largest absolute Gasteiger partial charge is 0.381 e. The summed E-state index contributed by atoms with van der Waals surface area (Å²) in [5.41, 5.74) is 0. The van der Waals surface area contributed by atoms with Gasteiger partial charge in [0.1, 0.15) is 12.4 Å². The lowest BCUT2D eigenvalue weighted by atomic mass is 10.2. The van der Waals surface area contributed by atoms with E-state index in [1.165, 1.54) is 30.4 Å². The third kappa shape index (κ3) is 55.2. The topological polar surface area (TPSA) is 230 Å².